The predicted octanol–water partition coefficient (Wildman–Crippen LogP) is 3.22. The Bertz CT molecular complexity index is 501. The van der Waals surface area contributed by atoms with E-state index in [0.29, 0.717) is 13.0 Å². The summed E-state index contributed by atoms with van der Waals surface area (Å²) >= 11 is 3.35. The summed E-state index contributed by atoms with van der Waals surface area (Å²) in [5.41, 5.74) is 1.80. The molecule has 1 fully saturated rings. The van der Waals surface area contributed by atoms with Gasteiger partial charge in [0.1, 0.15) is 0 Å². The summed E-state index contributed by atoms with van der Waals surface area (Å²) in [6.07, 6.45) is 4.46. The maximum Gasteiger partial charge on any atom is 0.227 e. The van der Waals surface area contributed by atoms with E-state index in [4.69, 9.17) is 0 Å². The third kappa shape index (κ3) is 5.87. The lowest BCUT2D eigenvalue weighted by atomic mass is 10.2. The number of rotatable bonds is 8. The van der Waals surface area contributed by atoms with Crippen LogP contribution in [0.4, 0.5) is 5.69 Å². The molecule has 1 aliphatic rings. The monoisotopic (exact) mass is 352 g/mol. The molecule has 114 valence electrons. The van der Waals surface area contributed by atoms with Gasteiger partial charge in [0.15, 0.2) is 0 Å². The maximum absolute atomic E-state index is 11.7. The van der Waals surface area contributed by atoms with Crippen LogP contribution in [0.2, 0.25) is 0 Å². The van der Waals surface area contributed by atoms with E-state index in [2.05, 4.69) is 26.6 Å². The molecular weight excluding hydrogens is 332 g/mol. The summed E-state index contributed by atoms with van der Waals surface area (Å²) in [5, 5.41) is 6.76. The van der Waals surface area contributed by atoms with E-state index in [1.54, 1.807) is 0 Å². The molecule has 0 atom stereocenters. The molecule has 1 aliphatic carbocycles. The topological polar surface area (TPSA) is 58.2 Å². The standard InChI is InChI=1S/C16H21BrN2O2/c17-9-2-1-6-15(20)18-11-12-4-3-5-14(10-12)19-16(21)13-7-8-13/h3-5,10,13H,1-2,6-9,11H2,(H,18,20)(H,19,21). The number of carbonyl (C=O) groups excluding carboxylic acids is 2. The Morgan fingerprint density at radius 3 is 2.76 bits per heavy atom. The van der Waals surface area contributed by atoms with Crippen molar-refractivity contribution in [3.05, 3.63) is 29.8 Å². The van der Waals surface area contributed by atoms with Crippen LogP contribution in [0.25, 0.3) is 0 Å². The van der Waals surface area contributed by atoms with Crippen LogP contribution in [-0.4, -0.2) is 17.1 Å². The van der Waals surface area contributed by atoms with Crippen molar-refractivity contribution >= 4 is 33.4 Å². The molecule has 0 spiro atoms. The van der Waals surface area contributed by atoms with Gasteiger partial charge < -0.3 is 10.6 Å². The molecule has 0 unspecified atom stereocenters. The van der Waals surface area contributed by atoms with Crippen LogP contribution in [-0.2, 0) is 16.1 Å². The molecule has 0 aromatic heterocycles. The predicted molar refractivity (Wildman–Crippen MR) is 87.3 cm³/mol. The number of amides is 2. The van der Waals surface area contributed by atoms with Crippen LogP contribution in [0.15, 0.2) is 24.3 Å². The zero-order valence-electron chi connectivity index (χ0n) is 12.0. The molecule has 5 heteroatoms. The molecule has 0 saturated heterocycles. The molecule has 1 aromatic carbocycles. The molecule has 0 aliphatic heterocycles. The number of hydrogen-bond donors (Lipinski definition) is 2. The minimum Gasteiger partial charge on any atom is -0.352 e. The van der Waals surface area contributed by atoms with Crippen molar-refractivity contribution < 1.29 is 9.59 Å². The van der Waals surface area contributed by atoms with E-state index in [-0.39, 0.29) is 17.7 Å². The Kier molecular flexibility index (Phi) is 6.23. The van der Waals surface area contributed by atoms with Crippen molar-refractivity contribution in [3.63, 3.8) is 0 Å². The third-order valence-corrected chi connectivity index (χ3v) is 3.98. The SMILES string of the molecule is O=C(CCCCBr)NCc1cccc(NC(=O)C2CC2)c1. The Morgan fingerprint density at radius 2 is 2.05 bits per heavy atom. The van der Waals surface area contributed by atoms with Crippen molar-refractivity contribution in [1.82, 2.24) is 5.32 Å². The van der Waals surface area contributed by atoms with Gasteiger partial charge in [-0.3, -0.25) is 9.59 Å². The van der Waals surface area contributed by atoms with Crippen molar-refractivity contribution in [1.29, 1.82) is 0 Å². The summed E-state index contributed by atoms with van der Waals surface area (Å²) in [5.74, 6) is 0.372. The van der Waals surface area contributed by atoms with Crippen LogP contribution in [0, 0.1) is 5.92 Å². The highest BCUT2D eigenvalue weighted by atomic mass is 79.9. The van der Waals surface area contributed by atoms with Gasteiger partial charge in [0, 0.05) is 29.9 Å². The van der Waals surface area contributed by atoms with Crippen LogP contribution in [0.1, 0.15) is 37.7 Å². The van der Waals surface area contributed by atoms with E-state index < -0.39 is 0 Å². The molecular formula is C16H21BrN2O2. The Balaban J connectivity index is 1.77. The molecule has 0 bridgehead atoms. The normalized spacial score (nSPS) is 13.8. The molecule has 2 rings (SSSR count). The molecule has 1 saturated carbocycles. The Labute approximate surface area is 133 Å². The fourth-order valence-corrected chi connectivity index (χ4v) is 2.41. The summed E-state index contributed by atoms with van der Waals surface area (Å²) in [6.45, 7) is 0.500. The quantitative estimate of drug-likeness (QED) is 0.557. The molecule has 2 amide bonds. The fraction of sp³-hybridized carbons (Fsp3) is 0.500. The number of anilines is 1. The smallest absolute Gasteiger partial charge is 0.227 e. The highest BCUT2D eigenvalue weighted by Crippen LogP contribution is 2.30. The number of nitrogens with one attached hydrogen (secondary N) is 2. The molecule has 4 nitrogen and oxygen atoms in total. The lowest BCUT2D eigenvalue weighted by molar-refractivity contribution is -0.121. The maximum atomic E-state index is 11.7. The average Bonchev–Trinajstić information content (AvgIpc) is 3.30. The van der Waals surface area contributed by atoms with Gasteiger partial charge in [-0.25, -0.2) is 0 Å². The first kappa shape index (κ1) is 16.0. The first-order chi connectivity index (χ1) is 10.2. The van der Waals surface area contributed by atoms with E-state index in [0.717, 1.165) is 42.3 Å². The molecule has 1 aromatic rings. The van der Waals surface area contributed by atoms with E-state index in [9.17, 15) is 9.59 Å². The van der Waals surface area contributed by atoms with Gasteiger partial charge in [-0.1, -0.05) is 28.1 Å². The molecule has 0 heterocycles. The van der Waals surface area contributed by atoms with Crippen LogP contribution >= 0.6 is 15.9 Å². The molecule has 21 heavy (non-hydrogen) atoms. The number of hydrogen-bond acceptors (Lipinski definition) is 2. The first-order valence-corrected chi connectivity index (χ1v) is 8.53. The summed E-state index contributed by atoms with van der Waals surface area (Å²) in [7, 11) is 0. The second-order valence-corrected chi connectivity index (χ2v) is 6.18. The number of alkyl halides is 1. The average molecular weight is 353 g/mol. The summed E-state index contributed by atoms with van der Waals surface area (Å²) in [6, 6.07) is 7.64. The lowest BCUT2D eigenvalue weighted by Crippen LogP contribution is -2.22. The minimum atomic E-state index is 0.0726. The van der Waals surface area contributed by atoms with E-state index in [1.165, 1.54) is 0 Å². The second kappa shape index (κ2) is 8.17. The Morgan fingerprint density at radius 1 is 1.24 bits per heavy atom. The van der Waals surface area contributed by atoms with Gasteiger partial charge in [0.25, 0.3) is 0 Å². The van der Waals surface area contributed by atoms with Crippen LogP contribution in [0.5, 0.6) is 0 Å². The molecule has 0 radical (unpaired) electrons. The zero-order valence-corrected chi connectivity index (χ0v) is 13.6. The lowest BCUT2D eigenvalue weighted by Gasteiger charge is -2.08. The fourth-order valence-electron chi connectivity index (χ4n) is 2.02. The van der Waals surface area contributed by atoms with Gasteiger partial charge in [0.2, 0.25) is 11.8 Å². The van der Waals surface area contributed by atoms with Gasteiger partial charge in [-0.15, -0.1) is 0 Å². The van der Waals surface area contributed by atoms with Gasteiger partial charge >= 0.3 is 0 Å². The van der Waals surface area contributed by atoms with E-state index in [1.807, 2.05) is 24.3 Å². The zero-order chi connectivity index (χ0) is 15.1. The summed E-state index contributed by atoms with van der Waals surface area (Å²) in [4.78, 5) is 23.4. The van der Waals surface area contributed by atoms with Gasteiger partial charge in [0.05, 0.1) is 0 Å². The van der Waals surface area contributed by atoms with Crippen molar-refractivity contribution in [2.45, 2.75) is 38.6 Å². The van der Waals surface area contributed by atoms with Gasteiger partial charge in [-0.2, -0.15) is 0 Å². The third-order valence-electron chi connectivity index (χ3n) is 3.42. The van der Waals surface area contributed by atoms with Crippen LogP contribution < -0.4 is 10.6 Å². The number of carbonyl (C=O) groups is 2. The minimum absolute atomic E-state index is 0.0726. The first-order valence-electron chi connectivity index (χ1n) is 7.41. The van der Waals surface area contributed by atoms with E-state index >= 15 is 0 Å². The van der Waals surface area contributed by atoms with Crippen molar-refractivity contribution in [3.8, 4) is 0 Å². The van der Waals surface area contributed by atoms with Gasteiger partial charge in [-0.05, 0) is 43.4 Å². The largest absolute Gasteiger partial charge is 0.352 e. The highest BCUT2D eigenvalue weighted by molar-refractivity contribution is 9.09. The highest BCUT2D eigenvalue weighted by Gasteiger charge is 2.29. The van der Waals surface area contributed by atoms with Crippen LogP contribution in [0.3, 0.4) is 0 Å². The number of unbranched alkanes of at least 4 members (excludes halogenated alkanes) is 1. The number of benzene rings is 1. The van der Waals surface area contributed by atoms with Crippen molar-refractivity contribution in [2.75, 3.05) is 10.6 Å². The summed E-state index contributed by atoms with van der Waals surface area (Å²) < 4.78 is 0. The number of halogens is 1. The van der Waals surface area contributed by atoms with Crippen molar-refractivity contribution in [2.24, 2.45) is 5.92 Å². The molecule has 2 N–H and O–H groups in total. The Hall–Kier alpha value is -1.36. The second-order valence-electron chi connectivity index (χ2n) is 5.39.